The molecule has 1 N–H and O–H groups in total. The number of aryl methyl sites for hydroxylation is 1. The van der Waals surface area contributed by atoms with Crippen LogP contribution in [0.25, 0.3) is 16.7 Å². The zero-order chi connectivity index (χ0) is 23.7. The Kier molecular flexibility index (Phi) is 5.90. The first kappa shape index (κ1) is 21.9. The Morgan fingerprint density at radius 2 is 1.85 bits per heavy atom. The molecule has 8 heteroatoms. The van der Waals surface area contributed by atoms with E-state index in [-0.39, 0.29) is 5.91 Å². The van der Waals surface area contributed by atoms with E-state index in [2.05, 4.69) is 10.3 Å². The average Bonchev–Trinajstić information content (AvgIpc) is 3.19. The second-order valence-corrected chi connectivity index (χ2v) is 8.15. The van der Waals surface area contributed by atoms with Gasteiger partial charge >= 0.3 is 0 Å². The van der Waals surface area contributed by atoms with Crippen molar-refractivity contribution in [3.63, 3.8) is 0 Å². The van der Waals surface area contributed by atoms with Crippen LogP contribution < -0.4 is 14.8 Å². The molecule has 4 aromatic rings. The number of hydrogen-bond acceptors (Lipinski definition) is 5. The number of piperazine rings is 1. The molecule has 1 saturated heterocycles. The number of ether oxygens (including phenoxy) is 2. The molecule has 0 bridgehead atoms. The van der Waals surface area contributed by atoms with E-state index in [0.717, 1.165) is 11.3 Å². The van der Waals surface area contributed by atoms with Gasteiger partial charge in [-0.3, -0.25) is 9.36 Å². The summed E-state index contributed by atoms with van der Waals surface area (Å²) in [5.74, 6) is 0.569. The number of carbonyl (C=O) groups is 1. The van der Waals surface area contributed by atoms with Gasteiger partial charge in [0, 0.05) is 37.6 Å². The smallest absolute Gasteiger partial charge is 0.260 e. The number of pyridine rings is 1. The maximum atomic E-state index is 14.1. The highest BCUT2D eigenvalue weighted by Gasteiger charge is 2.31. The molecule has 7 nitrogen and oxygen atoms in total. The second kappa shape index (κ2) is 9.15. The fraction of sp³-hybridized carbons (Fsp3) is 0.231. The molecule has 0 aliphatic carbocycles. The van der Waals surface area contributed by atoms with Crippen molar-refractivity contribution in [1.29, 1.82) is 0 Å². The summed E-state index contributed by atoms with van der Waals surface area (Å²) in [4.78, 5) is 20.3. The van der Waals surface area contributed by atoms with E-state index in [0.29, 0.717) is 60.2 Å². The fourth-order valence-electron chi connectivity index (χ4n) is 4.17. The summed E-state index contributed by atoms with van der Waals surface area (Å²) in [5, 5.41) is 3.88. The van der Waals surface area contributed by atoms with Gasteiger partial charge < -0.3 is 19.7 Å². The number of fused-ring (bicyclic) bond motifs is 1. The Hall–Kier alpha value is -3.91. The van der Waals surface area contributed by atoms with Gasteiger partial charge in [-0.1, -0.05) is 24.3 Å². The highest BCUT2D eigenvalue weighted by Crippen LogP contribution is 2.39. The van der Waals surface area contributed by atoms with Crippen molar-refractivity contribution < 1.29 is 18.7 Å². The zero-order valence-electron chi connectivity index (χ0n) is 19.0. The van der Waals surface area contributed by atoms with Gasteiger partial charge in [0.05, 0.1) is 19.0 Å². The fourth-order valence-corrected chi connectivity index (χ4v) is 4.17. The molecule has 1 fully saturated rings. The summed E-state index contributed by atoms with van der Waals surface area (Å²) in [7, 11) is 1.56. The number of aromatic nitrogens is 2. The summed E-state index contributed by atoms with van der Waals surface area (Å²) in [6, 6.07) is 15.7. The van der Waals surface area contributed by atoms with Crippen LogP contribution in [0.5, 0.6) is 17.4 Å². The molecular formula is C26H25FN4O3. The number of carbonyl (C=O) groups excluding carboxylic acids is 1. The first-order valence-corrected chi connectivity index (χ1v) is 11.1. The molecule has 34 heavy (non-hydrogen) atoms. The summed E-state index contributed by atoms with van der Waals surface area (Å²) < 4.78 is 27.7. The third kappa shape index (κ3) is 3.97. The SMILES string of the molecule is COc1cnc2c(c1)c(C(=O)N1CCNCC1)c(Oc1cc(F)ccc1C)n2-c1ccccc1. The minimum atomic E-state index is -0.419. The predicted molar refractivity (Wildman–Crippen MR) is 128 cm³/mol. The van der Waals surface area contributed by atoms with Gasteiger partial charge in [-0.15, -0.1) is 0 Å². The number of benzene rings is 2. The molecule has 0 spiro atoms. The Bertz CT molecular complexity index is 1350. The summed E-state index contributed by atoms with van der Waals surface area (Å²) in [5.41, 5.74) is 2.44. The number of halogens is 1. The van der Waals surface area contributed by atoms with Gasteiger partial charge in [0.25, 0.3) is 5.91 Å². The average molecular weight is 461 g/mol. The van der Waals surface area contributed by atoms with Crippen LogP contribution in [0, 0.1) is 12.7 Å². The van der Waals surface area contributed by atoms with E-state index in [4.69, 9.17) is 9.47 Å². The first-order valence-electron chi connectivity index (χ1n) is 11.1. The molecule has 0 atom stereocenters. The predicted octanol–water partition coefficient (Wildman–Crippen LogP) is 4.32. The molecule has 1 amide bonds. The van der Waals surface area contributed by atoms with Crippen molar-refractivity contribution in [2.45, 2.75) is 6.92 Å². The minimum absolute atomic E-state index is 0.166. The van der Waals surface area contributed by atoms with Gasteiger partial charge in [-0.25, -0.2) is 9.37 Å². The molecule has 2 aromatic heterocycles. The van der Waals surface area contributed by atoms with Crippen LogP contribution in [0.15, 0.2) is 60.8 Å². The second-order valence-electron chi connectivity index (χ2n) is 8.15. The molecule has 5 rings (SSSR count). The van der Waals surface area contributed by atoms with Gasteiger partial charge in [-0.05, 0) is 36.8 Å². The van der Waals surface area contributed by atoms with Crippen molar-refractivity contribution in [1.82, 2.24) is 19.8 Å². The number of hydrogen-bond donors (Lipinski definition) is 1. The normalized spacial score (nSPS) is 13.8. The van der Waals surface area contributed by atoms with Gasteiger partial charge in [0.15, 0.2) is 0 Å². The third-order valence-corrected chi connectivity index (χ3v) is 5.96. The van der Waals surface area contributed by atoms with Crippen LogP contribution >= 0.6 is 0 Å². The first-order chi connectivity index (χ1) is 16.6. The number of rotatable bonds is 5. The molecule has 0 radical (unpaired) electrons. The highest BCUT2D eigenvalue weighted by atomic mass is 19.1. The number of methoxy groups -OCH3 is 1. The molecule has 1 aliphatic rings. The van der Waals surface area contributed by atoms with E-state index >= 15 is 0 Å². The topological polar surface area (TPSA) is 68.6 Å². The lowest BCUT2D eigenvalue weighted by molar-refractivity contribution is 0.0735. The number of amides is 1. The van der Waals surface area contributed by atoms with Crippen LogP contribution in [-0.4, -0.2) is 53.6 Å². The van der Waals surface area contributed by atoms with Crippen LogP contribution in [0.3, 0.4) is 0 Å². The standard InChI is InChI=1S/C26H25FN4O3/c1-17-8-9-18(27)14-22(17)34-26-23(25(32)30-12-10-28-11-13-30)21-15-20(33-2)16-29-24(21)31(26)19-6-4-3-5-7-19/h3-9,14-16,28H,10-13H2,1-2H3. The van der Waals surface area contributed by atoms with Gasteiger partial charge in [0.2, 0.25) is 5.88 Å². The van der Waals surface area contributed by atoms with Gasteiger partial charge in [0.1, 0.15) is 28.5 Å². The van der Waals surface area contributed by atoms with Crippen LogP contribution in [0.2, 0.25) is 0 Å². The monoisotopic (exact) mass is 460 g/mol. The van der Waals surface area contributed by atoms with Crippen LogP contribution in [0.1, 0.15) is 15.9 Å². The molecule has 0 saturated carbocycles. The lowest BCUT2D eigenvalue weighted by atomic mass is 10.1. The summed E-state index contributed by atoms with van der Waals surface area (Å²) in [6.45, 7) is 4.41. The zero-order valence-corrected chi connectivity index (χ0v) is 19.0. The highest BCUT2D eigenvalue weighted by molar-refractivity contribution is 6.10. The minimum Gasteiger partial charge on any atom is -0.495 e. The molecule has 1 aliphatic heterocycles. The lowest BCUT2D eigenvalue weighted by Crippen LogP contribution is -2.46. The van der Waals surface area contributed by atoms with Crippen LogP contribution in [-0.2, 0) is 0 Å². The maximum Gasteiger partial charge on any atom is 0.260 e. The van der Waals surface area contributed by atoms with Crippen molar-refractivity contribution in [2.75, 3.05) is 33.3 Å². The van der Waals surface area contributed by atoms with E-state index in [1.165, 1.54) is 12.1 Å². The number of nitrogens with zero attached hydrogens (tertiary/aromatic N) is 3. The summed E-state index contributed by atoms with van der Waals surface area (Å²) in [6.07, 6.45) is 1.61. The molecule has 174 valence electrons. The molecule has 0 unspecified atom stereocenters. The van der Waals surface area contributed by atoms with Gasteiger partial charge in [-0.2, -0.15) is 0 Å². The third-order valence-electron chi connectivity index (χ3n) is 5.96. The van der Waals surface area contributed by atoms with E-state index < -0.39 is 5.82 Å². The Labute approximate surface area is 196 Å². The maximum absolute atomic E-state index is 14.1. The molecular weight excluding hydrogens is 435 g/mol. The summed E-state index contributed by atoms with van der Waals surface area (Å²) >= 11 is 0. The number of para-hydroxylation sites is 1. The van der Waals surface area contributed by atoms with E-state index in [9.17, 15) is 9.18 Å². The molecule has 3 heterocycles. The Morgan fingerprint density at radius 1 is 1.09 bits per heavy atom. The van der Waals surface area contributed by atoms with Crippen molar-refractivity contribution in [3.05, 3.63) is 77.7 Å². The van der Waals surface area contributed by atoms with Crippen molar-refractivity contribution in [2.24, 2.45) is 0 Å². The molecule has 2 aromatic carbocycles. The van der Waals surface area contributed by atoms with E-state index in [1.54, 1.807) is 34.9 Å². The Morgan fingerprint density at radius 3 is 2.59 bits per heavy atom. The quantitative estimate of drug-likeness (QED) is 0.481. The Balaban J connectivity index is 1.79. The van der Waals surface area contributed by atoms with Crippen LogP contribution in [0.4, 0.5) is 4.39 Å². The van der Waals surface area contributed by atoms with Crippen molar-refractivity contribution >= 4 is 16.9 Å². The lowest BCUT2D eigenvalue weighted by Gasteiger charge is -2.27. The largest absolute Gasteiger partial charge is 0.495 e. The van der Waals surface area contributed by atoms with E-state index in [1.807, 2.05) is 37.3 Å². The van der Waals surface area contributed by atoms with Crippen molar-refractivity contribution in [3.8, 4) is 23.1 Å². The number of nitrogens with one attached hydrogen (secondary N) is 1.